The Hall–Kier alpha value is -19.0. The molecule has 12 aromatic heterocycles. The van der Waals surface area contributed by atoms with Crippen molar-refractivity contribution in [3.8, 4) is 96.5 Å². The molecule has 12 heterocycles. The van der Waals surface area contributed by atoms with E-state index >= 15 is 0 Å². The van der Waals surface area contributed by atoms with E-state index in [0.717, 1.165) is 63.0 Å². The van der Waals surface area contributed by atoms with Gasteiger partial charge in [-0.15, -0.1) is 5.10 Å². The second-order valence-electron chi connectivity index (χ2n) is 33.4. The summed E-state index contributed by atoms with van der Waals surface area (Å²) in [5.41, 5.74) is 9.93. The molecule has 4 amide bonds. The normalized spacial score (nSPS) is 11.5. The average Bonchev–Trinajstić information content (AvgIpc) is 1.59. The van der Waals surface area contributed by atoms with Gasteiger partial charge in [-0.3, -0.25) is 46.7 Å². The number of fused-ring (bicyclic) bond motifs is 5. The van der Waals surface area contributed by atoms with Gasteiger partial charge in [-0.1, -0.05) is 138 Å². The van der Waals surface area contributed by atoms with Crippen LogP contribution in [0.4, 0.5) is 75.4 Å². The van der Waals surface area contributed by atoms with Crippen LogP contribution in [-0.4, -0.2) is 91.3 Å². The summed E-state index contributed by atoms with van der Waals surface area (Å²) >= 11 is 0. The number of carbonyl (C=O) groups excluding carboxylic acids is 4. The first-order valence-corrected chi connectivity index (χ1v) is 44.6. The van der Waals surface area contributed by atoms with Crippen molar-refractivity contribution in [1.29, 1.82) is 5.26 Å². The lowest BCUT2D eigenvalue weighted by Gasteiger charge is -2.15. The highest BCUT2D eigenvalue weighted by Gasteiger charge is 2.40. The van der Waals surface area contributed by atoms with Gasteiger partial charge in [-0.2, -0.15) is 63.0 Å². The minimum absolute atomic E-state index is 0.338. The predicted molar refractivity (Wildman–Crippen MR) is 530 cm³/mol. The molecule has 0 aliphatic heterocycles. The predicted octanol–water partition coefficient (Wildman–Crippen LogP) is 26.4. The average molecular weight is 1970 g/mol. The molecule has 0 aliphatic carbocycles. The molecule has 0 saturated carbocycles. The van der Waals surface area contributed by atoms with Crippen molar-refractivity contribution in [1.82, 2.24) is 67.7 Å². The Balaban J connectivity index is 0.000000128. The number of carbonyl (C=O) groups is 4. The van der Waals surface area contributed by atoms with Crippen LogP contribution in [0.5, 0.6) is 0 Å². The Bertz CT molecular complexity index is 8340. The van der Waals surface area contributed by atoms with E-state index in [-0.39, 0.29) is 0 Å². The van der Waals surface area contributed by atoms with E-state index in [1.807, 2.05) is 68.6 Å². The van der Waals surface area contributed by atoms with Crippen LogP contribution in [-0.2, 0) is 24.7 Å². The minimum Gasteiger partial charge on any atom is -0.322 e. The quantitative estimate of drug-likeness (QED) is 0.0654. The maximum absolute atomic E-state index is 13.9. The first-order valence-electron chi connectivity index (χ1n) is 44.6. The van der Waals surface area contributed by atoms with Gasteiger partial charge in [-0.05, 0) is 214 Å². The van der Waals surface area contributed by atoms with Gasteiger partial charge in [-0.25, -0.2) is 29.9 Å². The van der Waals surface area contributed by atoms with E-state index in [2.05, 4.69) is 77.4 Å². The molecule has 0 atom stereocenters. The minimum atomic E-state index is -4.72. The van der Waals surface area contributed by atoms with Crippen molar-refractivity contribution < 1.29 is 71.9 Å². The number of aromatic nitrogens is 14. The molecule has 35 heteroatoms. The van der Waals surface area contributed by atoms with Crippen molar-refractivity contribution in [2.24, 2.45) is 0 Å². The SMILES string of the molecule is Cc1ccc(NC(=O)c2cc(-c3cccn4c(-c5cccnn5)ncc34)ccc2C(F)(F)F)cc1.Cc1ccc(NC(=O)c2cc(-c3cccn4c(-c5ccnc6ccccc56)ncc34)ccc2C(F)(F)F)cc1.Cc1ccc(NC(=O)c2cc(-c3cccn4c(-c5ccncn5)ncc34)ccc2C(F)(F)F)cc1.Cc1ccc(NC(=O)c2cc(-c3cccn4c(-c5ncccc5C#N)ncc34)ccc2C(F)(F)F)cc1. The number of imidazole rings is 4. The van der Waals surface area contributed by atoms with Gasteiger partial charge in [0, 0.05) is 106 Å². The third-order valence-electron chi connectivity index (χ3n) is 23.7. The van der Waals surface area contributed by atoms with Crippen molar-refractivity contribution in [3.63, 3.8) is 0 Å². The molecular weight excluding hydrogens is 1890 g/mol. The maximum atomic E-state index is 13.9. The van der Waals surface area contributed by atoms with Crippen molar-refractivity contribution >= 4 is 79.3 Å². The number of para-hydroxylation sites is 1. The molecule has 0 spiro atoms. The number of rotatable bonds is 16. The van der Waals surface area contributed by atoms with E-state index < -0.39 is 92.8 Å². The van der Waals surface area contributed by atoms with Gasteiger partial charge >= 0.3 is 24.7 Å². The van der Waals surface area contributed by atoms with Crippen molar-refractivity contribution in [3.05, 3.63) is 432 Å². The zero-order chi connectivity index (χ0) is 102. The summed E-state index contributed by atoms with van der Waals surface area (Å²) < 4.78 is 173. The molecule has 21 aromatic rings. The molecule has 23 nitrogen and oxygen atoms in total. The van der Waals surface area contributed by atoms with Crippen LogP contribution in [0.25, 0.3) is 123 Å². The van der Waals surface area contributed by atoms with E-state index in [1.54, 1.807) is 257 Å². The number of alkyl halides is 12. The number of nitrogens with zero attached hydrogens (tertiary/aromatic N) is 15. The number of hydrogen-bond acceptors (Lipinski definition) is 15. The Morgan fingerprint density at radius 2 is 0.658 bits per heavy atom. The van der Waals surface area contributed by atoms with Gasteiger partial charge in [0.1, 0.15) is 35.3 Å². The van der Waals surface area contributed by atoms with E-state index in [0.29, 0.717) is 135 Å². The molecule has 4 N–H and O–H groups in total. The Labute approximate surface area is 822 Å². The van der Waals surface area contributed by atoms with Gasteiger partial charge in [0.15, 0.2) is 17.5 Å². The number of hydrogen-bond donors (Lipinski definition) is 4. The second kappa shape index (κ2) is 40.7. The topological polar surface area (TPSA) is 287 Å². The summed E-state index contributed by atoms with van der Waals surface area (Å²) in [5, 5.41) is 28.6. The van der Waals surface area contributed by atoms with Crippen molar-refractivity contribution in [2.75, 3.05) is 21.3 Å². The molecule has 722 valence electrons. The highest BCUT2D eigenvalue weighted by molar-refractivity contribution is 6.10. The number of amides is 4. The second-order valence-corrected chi connectivity index (χ2v) is 33.4. The van der Waals surface area contributed by atoms with Crippen LogP contribution < -0.4 is 21.3 Å². The van der Waals surface area contributed by atoms with Gasteiger partial charge in [0.25, 0.3) is 23.6 Å². The van der Waals surface area contributed by atoms with Crippen LogP contribution in [0.1, 0.15) is 91.5 Å². The van der Waals surface area contributed by atoms with Crippen LogP contribution >= 0.6 is 0 Å². The number of aryl methyl sites for hydroxylation is 4. The fourth-order valence-electron chi connectivity index (χ4n) is 16.6. The Morgan fingerprint density at radius 3 is 1.01 bits per heavy atom. The molecule has 9 aromatic carbocycles. The molecule has 21 rings (SSSR count). The molecule has 0 aliphatic rings. The molecule has 0 bridgehead atoms. The highest BCUT2D eigenvalue weighted by Crippen LogP contribution is 2.44. The number of halogens is 12. The third kappa shape index (κ3) is 20.9. The molecule has 0 unspecified atom stereocenters. The largest absolute Gasteiger partial charge is 0.417 e. The zero-order valence-corrected chi connectivity index (χ0v) is 76.9. The molecular formula is C111H75F12N19O4. The molecule has 0 radical (unpaired) electrons. The Kier molecular flexibility index (Phi) is 27.1. The van der Waals surface area contributed by atoms with Crippen LogP contribution in [0.2, 0.25) is 0 Å². The summed E-state index contributed by atoms with van der Waals surface area (Å²) in [6.07, 6.45) is 2.66. The highest BCUT2D eigenvalue weighted by atomic mass is 19.4. The van der Waals surface area contributed by atoms with Gasteiger partial charge in [0.2, 0.25) is 0 Å². The molecule has 0 fully saturated rings. The number of pyridine rings is 6. The van der Waals surface area contributed by atoms with Crippen LogP contribution in [0, 0.1) is 39.0 Å². The number of benzene rings is 9. The number of nitriles is 1. The number of anilines is 4. The fourth-order valence-corrected chi connectivity index (χ4v) is 16.6. The number of nitrogens with one attached hydrogen (secondary N) is 4. The van der Waals surface area contributed by atoms with Crippen molar-refractivity contribution in [2.45, 2.75) is 52.4 Å². The standard InChI is InChI=1S/C31H21F3N4O.C28H18F3N5O.2C26H18F3N5O/c1-19-8-11-21(12-9-19)37-30(39)25-17-20(10-13-26(25)31(32,33)34)22-6-4-16-38-28(22)18-36-29(38)24-14-15-35-27-7-3-2-5-23(24)27;1-17-6-9-20(10-7-17)35-27(37)22-14-18(8-11-23(22)28(29,30)31)21-5-3-13-36-24(21)16-34-26(36)25-19(15-32)4-2-12-33-25;1-16-6-9-18(10-7-16)32-25(35)20-14-17(8-11-21(20)26(27,28)29)19-4-3-13-34-23(19)15-30-24(34)22-5-2-12-31-33-22;1-16-4-7-18(8-5-16)33-25(35)20-13-17(6-9-21(20)26(27,28)29)19-3-2-12-34-23(19)14-31-24(34)22-10-11-30-15-32-22/h2-18H,1H3,(H,37,39);2-14,16H,1H3,(H,35,37);2-15H,1H3,(H,32,35);2-15H,1H3,(H,33,35). The first-order chi connectivity index (χ1) is 70.2. The lowest BCUT2D eigenvalue weighted by atomic mass is 9.98. The molecule has 0 saturated heterocycles. The van der Waals surface area contributed by atoms with E-state index in [9.17, 15) is 77.1 Å². The van der Waals surface area contributed by atoms with Gasteiger partial charge < -0.3 is 21.3 Å². The van der Waals surface area contributed by atoms with E-state index in [4.69, 9.17) is 0 Å². The van der Waals surface area contributed by atoms with Gasteiger partial charge in [0.05, 0.1) is 102 Å². The summed E-state index contributed by atoms with van der Waals surface area (Å²) in [6.45, 7) is 7.51. The lowest BCUT2D eigenvalue weighted by Crippen LogP contribution is -2.19. The fraction of sp³-hybridized carbons (Fsp3) is 0.0721. The monoisotopic (exact) mass is 1970 g/mol. The zero-order valence-electron chi connectivity index (χ0n) is 76.9. The first kappa shape index (κ1) is 97.2. The summed E-state index contributed by atoms with van der Waals surface area (Å²) in [4.78, 5) is 86.8. The van der Waals surface area contributed by atoms with Crippen LogP contribution in [0.3, 0.4) is 0 Å². The molecule has 146 heavy (non-hydrogen) atoms. The van der Waals surface area contributed by atoms with Crippen LogP contribution in [0.15, 0.2) is 360 Å². The summed E-state index contributed by atoms with van der Waals surface area (Å²) in [6, 6.07) is 75.8. The lowest BCUT2D eigenvalue weighted by molar-refractivity contribution is -0.138. The Morgan fingerprint density at radius 1 is 0.308 bits per heavy atom. The summed E-state index contributed by atoms with van der Waals surface area (Å²) in [5.74, 6) is -1.20. The van der Waals surface area contributed by atoms with E-state index in [1.165, 1.54) is 54.9 Å². The maximum Gasteiger partial charge on any atom is 0.417 e. The smallest absolute Gasteiger partial charge is 0.322 e. The summed E-state index contributed by atoms with van der Waals surface area (Å²) in [7, 11) is 0. The third-order valence-corrected chi connectivity index (χ3v) is 23.7.